The van der Waals surface area contributed by atoms with Crippen LogP contribution in [0.3, 0.4) is 0 Å². The average molecular weight is 392 g/mol. The third-order valence-corrected chi connectivity index (χ3v) is 5.01. The van der Waals surface area contributed by atoms with Gasteiger partial charge in [0.25, 0.3) is 0 Å². The fourth-order valence-corrected chi connectivity index (χ4v) is 2.64. The maximum Gasteiger partial charge on any atom is 0.496 e. The lowest BCUT2D eigenvalue weighted by Crippen LogP contribution is -2.45. The SMILES string of the molecule is [2H]C([2H])([2H])N1C([2H])([2H])C([2H])([2H])N(c2ccc(Br)c(B3OC(C)(C)C(C)(C)O3)c2)C([2H])([2H])C1([2H])[2H]. The summed E-state index contributed by atoms with van der Waals surface area (Å²) in [6.07, 6.45) is 0. The first-order valence-corrected chi connectivity index (χ1v) is 7.98. The second-order valence-electron chi connectivity index (χ2n) is 6.41. The number of anilines is 1. The molecule has 4 nitrogen and oxygen atoms in total. The summed E-state index contributed by atoms with van der Waals surface area (Å²) in [4.78, 5) is -0.0408. The molecule has 0 bridgehead atoms. The molecule has 2 aliphatic heterocycles. The topological polar surface area (TPSA) is 24.9 Å². The van der Waals surface area contributed by atoms with Crippen LogP contribution in [0.5, 0.6) is 0 Å². The Labute approximate surface area is 163 Å². The molecule has 6 heteroatoms. The molecule has 0 N–H and O–H groups in total. The van der Waals surface area contributed by atoms with Gasteiger partial charge in [-0.25, -0.2) is 0 Å². The summed E-state index contributed by atoms with van der Waals surface area (Å²) in [5.41, 5.74) is -1.30. The van der Waals surface area contributed by atoms with Gasteiger partial charge in [0.2, 0.25) is 0 Å². The minimum Gasteiger partial charge on any atom is -0.399 e. The van der Waals surface area contributed by atoms with Crippen molar-refractivity contribution in [3.05, 3.63) is 22.7 Å². The van der Waals surface area contributed by atoms with Crippen LogP contribution in [-0.2, 0) is 9.31 Å². The molecule has 2 fully saturated rings. The van der Waals surface area contributed by atoms with Gasteiger partial charge < -0.3 is 19.1 Å². The highest BCUT2D eigenvalue weighted by Crippen LogP contribution is 2.37. The van der Waals surface area contributed by atoms with E-state index in [1.807, 2.05) is 27.7 Å². The van der Waals surface area contributed by atoms with Crippen molar-refractivity contribution in [2.75, 3.05) is 37.9 Å². The van der Waals surface area contributed by atoms with Gasteiger partial charge in [-0.3, -0.25) is 0 Å². The molecule has 0 atom stereocenters. The Kier molecular flexibility index (Phi) is 2.17. The van der Waals surface area contributed by atoms with Crippen molar-refractivity contribution in [1.82, 2.24) is 4.90 Å². The lowest BCUT2D eigenvalue weighted by atomic mass is 9.79. The van der Waals surface area contributed by atoms with Crippen LogP contribution in [0.25, 0.3) is 0 Å². The first-order valence-electron chi connectivity index (χ1n) is 12.7. The molecule has 2 aliphatic rings. The van der Waals surface area contributed by atoms with E-state index in [4.69, 9.17) is 24.4 Å². The van der Waals surface area contributed by atoms with Crippen molar-refractivity contribution < 1.29 is 24.4 Å². The van der Waals surface area contributed by atoms with E-state index in [2.05, 4.69) is 15.9 Å². The molecule has 0 radical (unpaired) electrons. The first kappa shape index (κ1) is 8.22. The van der Waals surface area contributed by atoms with Gasteiger partial charge in [-0.15, -0.1) is 0 Å². The standard InChI is InChI=1S/C17H26BBrN2O2/c1-16(2)17(3,4)23-18(22-16)14-12-13(6-7-15(14)19)21-10-8-20(5)9-11-21/h6-7,12H,8-11H2,1-5H3/i5D3,8D2,9D2,10D2,11D2. The molecule has 0 unspecified atom stereocenters. The minimum atomic E-state index is -3.46. The van der Waals surface area contributed by atoms with Crippen LogP contribution in [-0.4, -0.2) is 56.2 Å². The smallest absolute Gasteiger partial charge is 0.399 e. The van der Waals surface area contributed by atoms with Crippen molar-refractivity contribution >= 4 is 34.2 Å². The normalized spacial score (nSPS) is 40.7. The van der Waals surface area contributed by atoms with Gasteiger partial charge in [-0.1, -0.05) is 15.9 Å². The van der Waals surface area contributed by atoms with Crippen LogP contribution in [0.2, 0.25) is 0 Å². The molecule has 0 spiro atoms. The zero-order valence-corrected chi connectivity index (χ0v) is 15.0. The lowest BCUT2D eigenvalue weighted by Gasteiger charge is -2.34. The van der Waals surface area contributed by atoms with Gasteiger partial charge >= 0.3 is 7.12 Å². The Morgan fingerprint density at radius 2 is 1.74 bits per heavy atom. The minimum absolute atomic E-state index is 0.221. The van der Waals surface area contributed by atoms with Gasteiger partial charge in [-0.2, -0.15) is 0 Å². The summed E-state index contributed by atoms with van der Waals surface area (Å²) >= 11 is 3.38. The molecule has 3 rings (SSSR count). The molecule has 2 heterocycles. The Bertz CT molecular complexity index is 943. The van der Waals surface area contributed by atoms with E-state index < -0.39 is 51.3 Å². The van der Waals surface area contributed by atoms with Gasteiger partial charge in [0, 0.05) is 45.7 Å². The van der Waals surface area contributed by atoms with Crippen molar-refractivity contribution in [3.8, 4) is 0 Å². The summed E-state index contributed by atoms with van der Waals surface area (Å²) in [5.74, 6) is 0. The van der Waals surface area contributed by atoms with Crippen LogP contribution < -0.4 is 10.4 Å². The number of hydrogen-bond donors (Lipinski definition) is 0. The van der Waals surface area contributed by atoms with Gasteiger partial charge in [0.05, 0.1) is 16.7 Å². The van der Waals surface area contributed by atoms with E-state index in [1.54, 1.807) is 0 Å². The van der Waals surface area contributed by atoms with E-state index in [9.17, 15) is 0 Å². The number of halogens is 1. The second-order valence-corrected chi connectivity index (χ2v) is 7.27. The van der Waals surface area contributed by atoms with E-state index in [0.29, 0.717) is 14.8 Å². The zero-order chi connectivity index (χ0) is 26.5. The summed E-state index contributed by atoms with van der Waals surface area (Å²) in [6.45, 7) is -9.66. The predicted molar refractivity (Wildman–Crippen MR) is 99.6 cm³/mol. The molecule has 0 saturated carbocycles. The molecule has 23 heavy (non-hydrogen) atoms. The second kappa shape index (κ2) is 6.06. The summed E-state index contributed by atoms with van der Waals surface area (Å²) in [5, 5.41) is 0. The first-order chi connectivity index (χ1) is 14.9. The van der Waals surface area contributed by atoms with Crippen LogP contribution in [0.4, 0.5) is 5.69 Å². The van der Waals surface area contributed by atoms with Crippen LogP contribution in [0.15, 0.2) is 22.7 Å². The van der Waals surface area contributed by atoms with Gasteiger partial charge in [0.15, 0.2) is 0 Å². The number of nitrogens with zero attached hydrogens (tertiary/aromatic N) is 2. The lowest BCUT2D eigenvalue weighted by molar-refractivity contribution is 0.00578. The Balaban J connectivity index is 2.19. The predicted octanol–water partition coefficient (Wildman–Crippen LogP) is 2.50. The van der Waals surface area contributed by atoms with Crippen LogP contribution in [0.1, 0.15) is 42.8 Å². The number of hydrogen-bond acceptors (Lipinski definition) is 4. The van der Waals surface area contributed by atoms with Crippen LogP contribution >= 0.6 is 15.9 Å². The van der Waals surface area contributed by atoms with Gasteiger partial charge in [-0.05, 0) is 58.3 Å². The molecule has 126 valence electrons. The Morgan fingerprint density at radius 1 is 1.13 bits per heavy atom. The van der Waals surface area contributed by atoms with Gasteiger partial charge in [0.1, 0.15) is 0 Å². The number of piperazine rings is 1. The quantitative estimate of drug-likeness (QED) is 0.723. The Morgan fingerprint density at radius 3 is 2.30 bits per heavy atom. The fourth-order valence-electron chi connectivity index (χ4n) is 2.21. The molecular formula is C17H26BBrN2O2. The summed E-state index contributed by atoms with van der Waals surface area (Å²) in [7, 11) is -0.937. The van der Waals surface area contributed by atoms with E-state index in [0.717, 1.165) is 0 Å². The molecular weight excluding hydrogens is 355 g/mol. The van der Waals surface area contributed by atoms with Crippen molar-refractivity contribution in [2.24, 2.45) is 0 Å². The fraction of sp³-hybridized carbons (Fsp3) is 0.647. The zero-order valence-electron chi connectivity index (χ0n) is 24.4. The van der Waals surface area contributed by atoms with Crippen LogP contribution in [0, 0.1) is 0 Å². The third-order valence-electron chi connectivity index (χ3n) is 4.29. The highest BCUT2D eigenvalue weighted by atomic mass is 79.9. The summed E-state index contributed by atoms with van der Waals surface area (Å²) in [6, 6.07) is 4.06. The molecule has 2 saturated heterocycles. The molecule has 0 aromatic heterocycles. The van der Waals surface area contributed by atoms with E-state index >= 15 is 0 Å². The maximum absolute atomic E-state index is 8.47. The highest BCUT2D eigenvalue weighted by molar-refractivity contribution is 9.10. The highest BCUT2D eigenvalue weighted by Gasteiger charge is 2.52. The maximum atomic E-state index is 8.47. The van der Waals surface area contributed by atoms with Crippen molar-refractivity contribution in [1.29, 1.82) is 0 Å². The summed E-state index contributed by atoms with van der Waals surface area (Å²) < 4.78 is 102. The number of benzene rings is 1. The van der Waals surface area contributed by atoms with E-state index in [1.165, 1.54) is 18.2 Å². The monoisotopic (exact) mass is 391 g/mol. The molecule has 0 aliphatic carbocycles. The van der Waals surface area contributed by atoms with Crippen molar-refractivity contribution in [3.63, 3.8) is 0 Å². The van der Waals surface area contributed by atoms with E-state index in [-0.39, 0.29) is 10.6 Å². The average Bonchev–Trinajstić information content (AvgIpc) is 2.80. The molecule has 0 amide bonds. The van der Waals surface area contributed by atoms with Crippen molar-refractivity contribution in [2.45, 2.75) is 38.9 Å². The largest absolute Gasteiger partial charge is 0.496 e. The number of rotatable bonds is 2. The third kappa shape index (κ3) is 3.32. The Hall–Kier alpha value is -0.555. The molecule has 1 aromatic carbocycles. The number of likely N-dealkylation sites (N-methyl/N-ethyl adjacent to an activating group) is 1. The molecule has 1 aromatic rings.